The molecule has 0 saturated carbocycles. The van der Waals surface area contributed by atoms with Gasteiger partial charge in [0.15, 0.2) is 0 Å². The number of hydrogen-bond acceptors (Lipinski definition) is 4. The van der Waals surface area contributed by atoms with E-state index in [0.29, 0.717) is 0 Å². The Bertz CT molecular complexity index is 79.7. The normalized spacial score (nSPS) is 11.8. The van der Waals surface area contributed by atoms with E-state index in [4.69, 9.17) is 5.73 Å². The Hall–Kier alpha value is 0.299. The Kier molecular flexibility index (Phi) is 7.57. The van der Waals surface area contributed by atoms with Crippen LogP contribution in [0.4, 0.5) is 0 Å². The molecule has 52 valence electrons. The summed E-state index contributed by atoms with van der Waals surface area (Å²) in [6, 6.07) is -0.927. The molecule has 5 heteroatoms. The largest absolute Gasteiger partial charge is 1.00 e. The summed E-state index contributed by atoms with van der Waals surface area (Å²) in [7, 11) is 0. The zero-order chi connectivity index (χ0) is 5.86. The van der Waals surface area contributed by atoms with Gasteiger partial charge < -0.3 is 15.6 Å². The average Bonchev–Trinajstić information content (AvgIpc) is 1.65. The van der Waals surface area contributed by atoms with E-state index in [0.717, 1.165) is 0 Å². The van der Waals surface area contributed by atoms with Crippen LogP contribution in [-0.2, 0) is 21.9 Å². The van der Waals surface area contributed by atoms with E-state index in [1.807, 2.05) is 0 Å². The molecular weight excluding hydrogens is 178 g/mol. The van der Waals surface area contributed by atoms with E-state index in [1.165, 1.54) is 0 Å². The molecule has 0 aliphatic rings. The van der Waals surface area contributed by atoms with Crippen LogP contribution in [0.15, 0.2) is 0 Å². The van der Waals surface area contributed by atoms with Gasteiger partial charge in [0.1, 0.15) is 0 Å². The molecular formula is C3H6CuNO2S. The van der Waals surface area contributed by atoms with Crippen molar-refractivity contribution in [3.63, 3.8) is 0 Å². The third-order valence-corrected chi connectivity index (χ3v) is 0.893. The summed E-state index contributed by atoms with van der Waals surface area (Å²) >= 11 is 3.61. The van der Waals surface area contributed by atoms with Crippen LogP contribution in [0.2, 0.25) is 0 Å². The van der Waals surface area contributed by atoms with Gasteiger partial charge in [-0.1, -0.05) is 0 Å². The van der Waals surface area contributed by atoms with Crippen molar-refractivity contribution in [3.8, 4) is 0 Å². The van der Waals surface area contributed by atoms with Gasteiger partial charge in [0.25, 0.3) is 0 Å². The van der Waals surface area contributed by atoms with Crippen LogP contribution >= 0.6 is 12.6 Å². The van der Waals surface area contributed by atoms with Gasteiger partial charge >= 0.3 is 17.1 Å². The Morgan fingerprint density at radius 3 is 2.25 bits per heavy atom. The number of hydrogen-bond donors (Lipinski definition) is 2. The van der Waals surface area contributed by atoms with Crippen LogP contribution in [-0.4, -0.2) is 17.8 Å². The first-order valence-electron chi connectivity index (χ1n) is 1.75. The first-order valence-corrected chi connectivity index (χ1v) is 2.39. The van der Waals surface area contributed by atoms with Crippen molar-refractivity contribution in [3.05, 3.63) is 0 Å². The molecule has 0 rings (SSSR count). The van der Waals surface area contributed by atoms with E-state index in [9.17, 15) is 9.90 Å². The molecule has 0 aromatic rings. The molecule has 0 aliphatic heterocycles. The van der Waals surface area contributed by atoms with Gasteiger partial charge in [0, 0.05) is 5.75 Å². The summed E-state index contributed by atoms with van der Waals surface area (Å²) in [6.07, 6.45) is 0. The van der Waals surface area contributed by atoms with Gasteiger partial charge in [0.2, 0.25) is 0 Å². The monoisotopic (exact) mass is 183 g/mol. The molecule has 0 aliphatic carbocycles. The predicted molar refractivity (Wildman–Crippen MR) is 26.8 cm³/mol. The fraction of sp³-hybridized carbons (Fsp3) is 0.667. The predicted octanol–water partition coefficient (Wildman–Crippen LogP) is -2.01. The zero-order valence-corrected chi connectivity index (χ0v) is 5.76. The standard InChI is InChI=1S/C3H7NO2S.Cu/c4-2(1-7)3(5)6;/h2,7H,1,4H2,(H,5,6);/q;+1/p-1. The second-order valence-corrected chi connectivity index (χ2v) is 1.47. The molecule has 0 saturated heterocycles. The molecule has 0 fully saturated rings. The Labute approximate surface area is 63.5 Å². The quantitative estimate of drug-likeness (QED) is 0.384. The maximum atomic E-state index is 9.65. The third-order valence-electron chi connectivity index (χ3n) is 0.499. The second kappa shape index (κ2) is 5.44. The van der Waals surface area contributed by atoms with Gasteiger partial charge in [-0.2, -0.15) is 12.6 Å². The molecule has 8 heavy (non-hydrogen) atoms. The van der Waals surface area contributed by atoms with Crippen molar-refractivity contribution < 1.29 is 27.0 Å². The number of nitrogens with two attached hydrogens (primary N) is 1. The molecule has 0 aromatic carbocycles. The molecule has 2 N–H and O–H groups in total. The second-order valence-electron chi connectivity index (χ2n) is 1.11. The van der Waals surface area contributed by atoms with Crippen LogP contribution in [0.3, 0.4) is 0 Å². The van der Waals surface area contributed by atoms with Crippen molar-refractivity contribution in [2.75, 3.05) is 5.75 Å². The van der Waals surface area contributed by atoms with Gasteiger partial charge in [-0.25, -0.2) is 0 Å². The molecule has 0 aromatic heterocycles. The minimum atomic E-state index is -1.25. The number of carbonyl (C=O) groups excluding carboxylic acids is 1. The summed E-state index contributed by atoms with van der Waals surface area (Å²) in [5, 5.41) is 9.65. The number of carboxylic acid groups (broad SMARTS) is 1. The van der Waals surface area contributed by atoms with Crippen LogP contribution in [0.5, 0.6) is 0 Å². The fourth-order valence-corrected chi connectivity index (χ4v) is 0.224. The number of carboxylic acids is 1. The molecule has 0 radical (unpaired) electrons. The topological polar surface area (TPSA) is 66.2 Å². The number of rotatable bonds is 2. The van der Waals surface area contributed by atoms with Crippen molar-refractivity contribution >= 4 is 18.6 Å². The zero-order valence-electron chi connectivity index (χ0n) is 3.93. The van der Waals surface area contributed by atoms with Crippen LogP contribution in [0, 0.1) is 0 Å². The minimum absolute atomic E-state index is 0. The summed E-state index contributed by atoms with van der Waals surface area (Å²) in [5.41, 5.74) is 4.88. The Morgan fingerprint density at radius 2 is 2.25 bits per heavy atom. The van der Waals surface area contributed by atoms with Crippen molar-refractivity contribution in [2.45, 2.75) is 6.04 Å². The number of aliphatic carboxylic acids is 1. The Morgan fingerprint density at radius 1 is 1.88 bits per heavy atom. The van der Waals surface area contributed by atoms with E-state index in [2.05, 4.69) is 12.6 Å². The molecule has 0 bridgehead atoms. The molecule has 0 spiro atoms. The van der Waals surface area contributed by atoms with Crippen LogP contribution in [0.1, 0.15) is 0 Å². The molecule has 0 heterocycles. The van der Waals surface area contributed by atoms with Gasteiger partial charge in [0.05, 0.1) is 12.0 Å². The maximum Gasteiger partial charge on any atom is 1.00 e. The molecule has 3 nitrogen and oxygen atoms in total. The van der Waals surface area contributed by atoms with Crippen molar-refractivity contribution in [1.82, 2.24) is 0 Å². The van der Waals surface area contributed by atoms with E-state index < -0.39 is 12.0 Å². The smallest absolute Gasteiger partial charge is 0.548 e. The summed E-state index contributed by atoms with van der Waals surface area (Å²) in [5.74, 6) is -1.13. The summed E-state index contributed by atoms with van der Waals surface area (Å²) < 4.78 is 0. The first kappa shape index (κ1) is 11.1. The van der Waals surface area contributed by atoms with E-state index in [-0.39, 0.29) is 22.8 Å². The fourth-order valence-electron chi connectivity index (χ4n) is 0.0745. The van der Waals surface area contributed by atoms with Crippen LogP contribution in [0.25, 0.3) is 0 Å². The van der Waals surface area contributed by atoms with Gasteiger partial charge in [-0.05, 0) is 0 Å². The average molecular weight is 184 g/mol. The van der Waals surface area contributed by atoms with E-state index in [1.54, 1.807) is 0 Å². The van der Waals surface area contributed by atoms with Gasteiger partial charge in [-0.15, -0.1) is 0 Å². The number of carbonyl (C=O) groups is 1. The maximum absolute atomic E-state index is 9.65. The van der Waals surface area contributed by atoms with Gasteiger partial charge in [-0.3, -0.25) is 0 Å². The van der Waals surface area contributed by atoms with E-state index >= 15 is 0 Å². The van der Waals surface area contributed by atoms with Crippen molar-refractivity contribution in [2.24, 2.45) is 5.73 Å². The summed E-state index contributed by atoms with van der Waals surface area (Å²) in [6.45, 7) is 0. The minimum Gasteiger partial charge on any atom is -0.548 e. The first-order chi connectivity index (χ1) is 3.18. The summed E-state index contributed by atoms with van der Waals surface area (Å²) in [4.78, 5) is 9.65. The molecule has 1 unspecified atom stereocenters. The van der Waals surface area contributed by atoms with Crippen molar-refractivity contribution in [1.29, 1.82) is 0 Å². The Balaban J connectivity index is 0. The SMILES string of the molecule is NC(CS)C(=O)[O-].[Cu+]. The number of thiol groups is 1. The van der Waals surface area contributed by atoms with Crippen LogP contribution < -0.4 is 10.8 Å². The third kappa shape index (κ3) is 4.46. The molecule has 0 amide bonds. The molecule has 1 atom stereocenters.